The number of hydrogen-bond donors (Lipinski definition) is 2. The number of rotatable bonds is 10. The Kier molecular flexibility index (Phi) is 11.1. The molecule has 0 heterocycles. The Morgan fingerprint density at radius 1 is 1.35 bits per heavy atom. The van der Waals surface area contributed by atoms with Crippen LogP contribution in [0.5, 0.6) is 5.75 Å². The predicted octanol–water partition coefficient (Wildman–Crippen LogP) is 2.55. The molecule has 1 amide bonds. The van der Waals surface area contributed by atoms with Gasteiger partial charge < -0.3 is 15.4 Å². The molecule has 0 atom stereocenters. The molecular weight excluding hydrogens is 345 g/mol. The average Bonchev–Trinajstić information content (AvgIpc) is 2.48. The number of benzene rings is 1. The second-order valence-electron chi connectivity index (χ2n) is 4.57. The number of amides is 1. The highest BCUT2D eigenvalue weighted by molar-refractivity contribution is 6.30. The van der Waals surface area contributed by atoms with Crippen molar-refractivity contribution in [1.29, 1.82) is 0 Å². The first kappa shape index (κ1) is 21.4. The molecule has 0 bridgehead atoms. The number of nitrogens with one attached hydrogen (secondary N) is 2. The van der Waals surface area contributed by atoms with E-state index in [9.17, 15) is 14.9 Å². The molecular formula is C14H21Cl2N3O4. The summed E-state index contributed by atoms with van der Waals surface area (Å²) in [6.45, 7) is 4.30. The SMILES string of the molecule is CCCNCCNC(=O)CCOc1ccc(Cl)cc1[N+](=O)[O-].Cl. The number of nitrogens with zero attached hydrogens (tertiary/aromatic N) is 1. The maximum Gasteiger partial charge on any atom is 0.312 e. The third-order valence-electron chi connectivity index (χ3n) is 2.76. The Morgan fingerprint density at radius 2 is 2.09 bits per heavy atom. The van der Waals surface area contributed by atoms with E-state index in [1.54, 1.807) is 0 Å². The van der Waals surface area contributed by atoms with Crippen molar-refractivity contribution in [1.82, 2.24) is 10.6 Å². The van der Waals surface area contributed by atoms with E-state index in [2.05, 4.69) is 17.6 Å². The number of halogens is 2. The van der Waals surface area contributed by atoms with E-state index in [1.807, 2.05) is 0 Å². The molecule has 0 radical (unpaired) electrons. The highest BCUT2D eigenvalue weighted by atomic mass is 35.5. The van der Waals surface area contributed by atoms with Gasteiger partial charge in [-0.15, -0.1) is 12.4 Å². The minimum absolute atomic E-state index is 0. The van der Waals surface area contributed by atoms with Crippen LogP contribution in [0.25, 0.3) is 0 Å². The molecule has 0 saturated heterocycles. The summed E-state index contributed by atoms with van der Waals surface area (Å²) in [7, 11) is 0. The second kappa shape index (κ2) is 11.9. The maximum absolute atomic E-state index is 11.6. The van der Waals surface area contributed by atoms with Crippen LogP contribution in [0.1, 0.15) is 19.8 Å². The van der Waals surface area contributed by atoms with Crippen molar-refractivity contribution in [2.75, 3.05) is 26.2 Å². The number of carbonyl (C=O) groups excluding carboxylic acids is 1. The molecule has 1 rings (SSSR count). The Labute approximate surface area is 146 Å². The zero-order chi connectivity index (χ0) is 16.4. The van der Waals surface area contributed by atoms with Gasteiger partial charge in [0.2, 0.25) is 5.91 Å². The van der Waals surface area contributed by atoms with Crippen LogP contribution in [-0.2, 0) is 4.79 Å². The van der Waals surface area contributed by atoms with E-state index in [1.165, 1.54) is 18.2 Å². The Morgan fingerprint density at radius 3 is 2.74 bits per heavy atom. The molecule has 9 heteroatoms. The van der Waals surface area contributed by atoms with Crippen molar-refractivity contribution in [3.8, 4) is 5.75 Å². The van der Waals surface area contributed by atoms with Crippen molar-refractivity contribution in [2.45, 2.75) is 19.8 Å². The second-order valence-corrected chi connectivity index (χ2v) is 5.00. The van der Waals surface area contributed by atoms with Crippen molar-refractivity contribution < 1.29 is 14.5 Å². The van der Waals surface area contributed by atoms with Crippen molar-refractivity contribution in [2.24, 2.45) is 0 Å². The molecule has 0 saturated carbocycles. The molecule has 23 heavy (non-hydrogen) atoms. The molecule has 1 aromatic carbocycles. The minimum atomic E-state index is -0.569. The van der Waals surface area contributed by atoms with Gasteiger partial charge in [0.15, 0.2) is 5.75 Å². The summed E-state index contributed by atoms with van der Waals surface area (Å²) in [5.41, 5.74) is -0.211. The van der Waals surface area contributed by atoms with E-state index in [-0.39, 0.29) is 47.8 Å². The highest BCUT2D eigenvalue weighted by Crippen LogP contribution is 2.29. The Balaban J connectivity index is 0.00000484. The predicted molar refractivity (Wildman–Crippen MR) is 91.6 cm³/mol. The molecule has 0 aliphatic carbocycles. The van der Waals surface area contributed by atoms with Crippen LogP contribution in [0.15, 0.2) is 18.2 Å². The first-order valence-electron chi connectivity index (χ1n) is 7.08. The van der Waals surface area contributed by atoms with Crippen LogP contribution in [0, 0.1) is 10.1 Å². The summed E-state index contributed by atoms with van der Waals surface area (Å²) in [5, 5.41) is 17.0. The molecule has 2 N–H and O–H groups in total. The standard InChI is InChI=1S/C14H20ClN3O4.ClH/c1-2-6-16-7-8-17-14(19)5-9-22-13-4-3-11(15)10-12(13)18(20)21;/h3-4,10,16H,2,5-9H2,1H3,(H,17,19);1H. The monoisotopic (exact) mass is 365 g/mol. The van der Waals surface area contributed by atoms with Crippen LogP contribution in [-0.4, -0.2) is 37.1 Å². The van der Waals surface area contributed by atoms with Gasteiger partial charge in [-0.1, -0.05) is 18.5 Å². The van der Waals surface area contributed by atoms with Crippen molar-refractivity contribution in [3.05, 3.63) is 33.3 Å². The maximum atomic E-state index is 11.6. The van der Waals surface area contributed by atoms with E-state index in [0.29, 0.717) is 13.1 Å². The average molecular weight is 366 g/mol. The Hall–Kier alpha value is -1.57. The molecule has 0 fully saturated rings. The quantitative estimate of drug-likeness (QED) is 0.377. The van der Waals surface area contributed by atoms with Gasteiger partial charge in [0.1, 0.15) is 0 Å². The zero-order valence-corrected chi connectivity index (χ0v) is 14.4. The van der Waals surface area contributed by atoms with Gasteiger partial charge in [0.05, 0.1) is 18.0 Å². The number of carbonyl (C=O) groups is 1. The third kappa shape index (κ3) is 8.59. The molecule has 1 aromatic rings. The van der Waals surface area contributed by atoms with Crippen LogP contribution < -0.4 is 15.4 Å². The molecule has 0 aliphatic heterocycles. The fourth-order valence-electron chi connectivity index (χ4n) is 1.69. The van der Waals surface area contributed by atoms with Crippen LogP contribution in [0.2, 0.25) is 5.02 Å². The molecule has 0 aliphatic rings. The van der Waals surface area contributed by atoms with E-state index < -0.39 is 4.92 Å². The molecule has 0 spiro atoms. The topological polar surface area (TPSA) is 93.5 Å². The number of nitro groups is 1. The van der Waals surface area contributed by atoms with Gasteiger partial charge >= 0.3 is 5.69 Å². The summed E-state index contributed by atoms with van der Waals surface area (Å²) in [4.78, 5) is 21.9. The first-order valence-corrected chi connectivity index (χ1v) is 7.46. The molecule has 130 valence electrons. The van der Waals surface area contributed by atoms with Gasteiger partial charge in [-0.05, 0) is 25.1 Å². The normalized spacial score (nSPS) is 9.83. The number of hydrogen-bond acceptors (Lipinski definition) is 5. The largest absolute Gasteiger partial charge is 0.486 e. The summed E-state index contributed by atoms with van der Waals surface area (Å²) in [6.07, 6.45) is 1.18. The molecule has 0 unspecified atom stereocenters. The lowest BCUT2D eigenvalue weighted by Gasteiger charge is -2.08. The highest BCUT2D eigenvalue weighted by Gasteiger charge is 2.15. The summed E-state index contributed by atoms with van der Waals surface area (Å²) < 4.78 is 5.29. The van der Waals surface area contributed by atoms with Crippen LogP contribution >= 0.6 is 24.0 Å². The molecule has 0 aromatic heterocycles. The van der Waals surface area contributed by atoms with Gasteiger partial charge in [-0.25, -0.2) is 0 Å². The van der Waals surface area contributed by atoms with Crippen molar-refractivity contribution >= 4 is 35.6 Å². The van der Waals surface area contributed by atoms with Gasteiger partial charge in [-0.2, -0.15) is 0 Å². The summed E-state index contributed by atoms with van der Waals surface area (Å²) in [6, 6.07) is 4.15. The fraction of sp³-hybridized carbons (Fsp3) is 0.500. The lowest BCUT2D eigenvalue weighted by molar-refractivity contribution is -0.385. The zero-order valence-electron chi connectivity index (χ0n) is 12.8. The van der Waals surface area contributed by atoms with Gasteiger partial charge in [0, 0.05) is 24.2 Å². The van der Waals surface area contributed by atoms with Crippen molar-refractivity contribution in [3.63, 3.8) is 0 Å². The number of nitro benzene ring substituents is 1. The Bertz CT molecular complexity index is 515. The lowest BCUT2D eigenvalue weighted by atomic mass is 10.3. The first-order chi connectivity index (χ1) is 10.5. The van der Waals surface area contributed by atoms with Crippen LogP contribution in [0.3, 0.4) is 0 Å². The van der Waals surface area contributed by atoms with Crippen LogP contribution in [0.4, 0.5) is 5.69 Å². The van der Waals surface area contributed by atoms with E-state index >= 15 is 0 Å². The van der Waals surface area contributed by atoms with E-state index in [0.717, 1.165) is 13.0 Å². The smallest absolute Gasteiger partial charge is 0.312 e. The minimum Gasteiger partial charge on any atom is -0.486 e. The molecule has 7 nitrogen and oxygen atoms in total. The van der Waals surface area contributed by atoms with E-state index in [4.69, 9.17) is 16.3 Å². The third-order valence-corrected chi connectivity index (χ3v) is 2.99. The number of ether oxygens (including phenoxy) is 1. The van der Waals surface area contributed by atoms with Gasteiger partial charge in [0.25, 0.3) is 0 Å². The summed E-state index contributed by atoms with van der Waals surface area (Å²) >= 11 is 5.71. The fourth-order valence-corrected chi connectivity index (χ4v) is 1.86. The summed E-state index contributed by atoms with van der Waals surface area (Å²) in [5.74, 6) is -0.0540. The lowest BCUT2D eigenvalue weighted by Crippen LogP contribution is -2.32. The van der Waals surface area contributed by atoms with Gasteiger partial charge in [-0.3, -0.25) is 14.9 Å².